The van der Waals surface area contributed by atoms with E-state index in [2.05, 4.69) is 0 Å². The second kappa shape index (κ2) is 5.98. The van der Waals surface area contributed by atoms with Gasteiger partial charge >= 0.3 is 0 Å². The second-order valence-electron chi connectivity index (χ2n) is 3.86. The molecule has 0 saturated heterocycles. The largest absolute Gasteiger partial charge is 0.330 e. The third-order valence-electron chi connectivity index (χ3n) is 2.45. The van der Waals surface area contributed by atoms with Crippen LogP contribution in [0, 0.1) is 11.6 Å². The Kier molecular flexibility index (Phi) is 4.33. The second-order valence-corrected chi connectivity index (χ2v) is 4.98. The van der Waals surface area contributed by atoms with Crippen molar-refractivity contribution in [2.24, 2.45) is 5.73 Å². The topological polar surface area (TPSA) is 26.0 Å². The average molecular weight is 265 g/mol. The van der Waals surface area contributed by atoms with E-state index in [9.17, 15) is 8.78 Å². The fourth-order valence-corrected chi connectivity index (χ4v) is 2.47. The van der Waals surface area contributed by atoms with E-state index in [0.717, 1.165) is 5.56 Å². The Morgan fingerprint density at radius 3 is 2.56 bits per heavy atom. The van der Waals surface area contributed by atoms with Crippen molar-refractivity contribution >= 4 is 11.8 Å². The molecule has 0 spiro atoms. The van der Waals surface area contributed by atoms with Gasteiger partial charge in [0, 0.05) is 9.79 Å². The van der Waals surface area contributed by atoms with Gasteiger partial charge in [-0.25, -0.2) is 8.78 Å². The lowest BCUT2D eigenvalue weighted by Gasteiger charge is -2.05. The van der Waals surface area contributed by atoms with Gasteiger partial charge in [0.05, 0.1) is 0 Å². The van der Waals surface area contributed by atoms with Crippen LogP contribution in [0.5, 0.6) is 0 Å². The highest BCUT2D eigenvalue weighted by Gasteiger charge is 2.06. The van der Waals surface area contributed by atoms with Crippen LogP contribution >= 0.6 is 11.8 Å². The lowest BCUT2D eigenvalue weighted by Crippen LogP contribution is -2.02. The Morgan fingerprint density at radius 1 is 1.06 bits per heavy atom. The summed E-state index contributed by atoms with van der Waals surface area (Å²) < 4.78 is 26.8. The maximum atomic E-state index is 13.8. The van der Waals surface area contributed by atoms with Crippen molar-refractivity contribution in [1.82, 2.24) is 0 Å². The molecule has 0 bridgehead atoms. The maximum Gasteiger partial charge on any atom is 0.137 e. The van der Waals surface area contributed by atoms with Gasteiger partial charge in [-0.2, -0.15) is 0 Å². The fraction of sp³-hybridized carbons (Fsp3) is 0.143. The van der Waals surface area contributed by atoms with E-state index in [1.165, 1.54) is 30.0 Å². The van der Waals surface area contributed by atoms with Gasteiger partial charge in [-0.1, -0.05) is 23.9 Å². The molecule has 0 aliphatic rings. The van der Waals surface area contributed by atoms with Gasteiger partial charge in [-0.15, -0.1) is 0 Å². The van der Waals surface area contributed by atoms with Crippen molar-refractivity contribution in [1.29, 1.82) is 0 Å². The Morgan fingerprint density at radius 2 is 1.89 bits per heavy atom. The minimum absolute atomic E-state index is 0.296. The van der Waals surface area contributed by atoms with Crippen molar-refractivity contribution in [3.05, 3.63) is 59.7 Å². The summed E-state index contributed by atoms with van der Waals surface area (Å²) in [6.45, 7) is 0.496. The first-order valence-electron chi connectivity index (χ1n) is 5.61. The Labute approximate surface area is 109 Å². The van der Waals surface area contributed by atoms with E-state index in [-0.39, 0.29) is 11.6 Å². The summed E-state index contributed by atoms with van der Waals surface area (Å²) in [5, 5.41) is 0. The third-order valence-corrected chi connectivity index (χ3v) is 3.49. The highest BCUT2D eigenvalue weighted by atomic mass is 32.2. The minimum atomic E-state index is -0.319. The van der Waals surface area contributed by atoms with E-state index in [0.29, 0.717) is 22.8 Å². The molecule has 0 heterocycles. The van der Waals surface area contributed by atoms with Crippen LogP contribution in [0.25, 0.3) is 0 Å². The maximum absolute atomic E-state index is 13.8. The molecule has 2 aromatic carbocycles. The van der Waals surface area contributed by atoms with Gasteiger partial charge in [0.2, 0.25) is 0 Å². The molecule has 0 atom stereocenters. The number of nitrogens with two attached hydrogens (primary N) is 1. The molecular formula is C14H13F2NS. The number of halogens is 2. The molecule has 0 aliphatic heterocycles. The predicted octanol–water partition coefficient (Wildman–Crippen LogP) is 3.62. The van der Waals surface area contributed by atoms with Crippen LogP contribution in [0.4, 0.5) is 8.78 Å². The first-order valence-corrected chi connectivity index (χ1v) is 6.42. The van der Waals surface area contributed by atoms with Crippen molar-refractivity contribution in [2.75, 3.05) is 6.54 Å². The molecule has 0 amide bonds. The van der Waals surface area contributed by atoms with Crippen molar-refractivity contribution in [3.8, 4) is 0 Å². The third kappa shape index (κ3) is 3.31. The number of hydrogen-bond acceptors (Lipinski definition) is 2. The van der Waals surface area contributed by atoms with Crippen molar-refractivity contribution in [3.63, 3.8) is 0 Å². The highest BCUT2D eigenvalue weighted by Crippen LogP contribution is 2.30. The molecular weight excluding hydrogens is 252 g/mol. The van der Waals surface area contributed by atoms with Crippen molar-refractivity contribution in [2.45, 2.75) is 16.2 Å². The van der Waals surface area contributed by atoms with Crippen LogP contribution in [0.1, 0.15) is 5.56 Å². The summed E-state index contributed by atoms with van der Waals surface area (Å²) in [5.74, 6) is -0.615. The van der Waals surface area contributed by atoms with Crippen LogP contribution < -0.4 is 5.73 Å². The Balaban J connectivity index is 2.19. The SMILES string of the molecule is NCCc1ccc(Sc2cccc(F)c2)c(F)c1. The molecule has 0 aliphatic carbocycles. The zero-order chi connectivity index (χ0) is 13.0. The van der Waals surface area contributed by atoms with Gasteiger partial charge in [-0.3, -0.25) is 0 Å². The lowest BCUT2D eigenvalue weighted by molar-refractivity contribution is 0.599. The molecule has 2 N–H and O–H groups in total. The van der Waals surface area contributed by atoms with E-state index < -0.39 is 0 Å². The van der Waals surface area contributed by atoms with Crippen LogP contribution in [-0.2, 0) is 6.42 Å². The monoisotopic (exact) mass is 265 g/mol. The van der Waals surface area contributed by atoms with E-state index in [4.69, 9.17) is 5.73 Å². The Hall–Kier alpha value is -1.39. The number of hydrogen-bond donors (Lipinski definition) is 1. The van der Waals surface area contributed by atoms with E-state index in [1.54, 1.807) is 18.2 Å². The summed E-state index contributed by atoms with van der Waals surface area (Å²) in [6, 6.07) is 11.1. The molecule has 94 valence electrons. The standard InChI is InChI=1S/C14H13F2NS/c15-11-2-1-3-12(9-11)18-14-5-4-10(6-7-17)8-13(14)16/h1-5,8-9H,6-7,17H2. The predicted molar refractivity (Wildman–Crippen MR) is 69.7 cm³/mol. The van der Waals surface area contributed by atoms with E-state index in [1.807, 2.05) is 6.07 Å². The molecule has 0 radical (unpaired) electrons. The molecule has 0 saturated carbocycles. The summed E-state index contributed by atoms with van der Waals surface area (Å²) in [6.07, 6.45) is 0.655. The van der Waals surface area contributed by atoms with Crippen LogP contribution in [-0.4, -0.2) is 6.54 Å². The highest BCUT2D eigenvalue weighted by molar-refractivity contribution is 7.99. The average Bonchev–Trinajstić information content (AvgIpc) is 2.33. The van der Waals surface area contributed by atoms with Crippen molar-refractivity contribution < 1.29 is 8.78 Å². The molecule has 2 rings (SSSR count). The molecule has 18 heavy (non-hydrogen) atoms. The lowest BCUT2D eigenvalue weighted by atomic mass is 10.1. The van der Waals surface area contributed by atoms with Gasteiger partial charge in [-0.05, 0) is 48.9 Å². The summed E-state index contributed by atoms with van der Waals surface area (Å²) >= 11 is 1.21. The zero-order valence-electron chi connectivity index (χ0n) is 9.70. The smallest absolute Gasteiger partial charge is 0.137 e. The summed E-state index contributed by atoms with van der Waals surface area (Å²) in [5.41, 5.74) is 6.29. The molecule has 1 nitrogen and oxygen atoms in total. The van der Waals surface area contributed by atoms with Crippen LogP contribution in [0.2, 0.25) is 0 Å². The number of benzene rings is 2. The molecule has 4 heteroatoms. The molecule has 0 fully saturated rings. The molecule has 0 unspecified atom stereocenters. The van der Waals surface area contributed by atoms with Gasteiger partial charge in [0.25, 0.3) is 0 Å². The number of rotatable bonds is 4. The fourth-order valence-electron chi connectivity index (χ4n) is 1.61. The first kappa shape index (κ1) is 13.1. The minimum Gasteiger partial charge on any atom is -0.330 e. The quantitative estimate of drug-likeness (QED) is 0.913. The van der Waals surface area contributed by atoms with Crippen LogP contribution in [0.15, 0.2) is 52.3 Å². The Bertz CT molecular complexity index is 543. The normalized spacial score (nSPS) is 10.6. The zero-order valence-corrected chi connectivity index (χ0v) is 10.5. The molecule has 0 aromatic heterocycles. The van der Waals surface area contributed by atoms with Crippen LogP contribution in [0.3, 0.4) is 0 Å². The van der Waals surface area contributed by atoms with Gasteiger partial charge in [0.15, 0.2) is 0 Å². The van der Waals surface area contributed by atoms with Gasteiger partial charge < -0.3 is 5.73 Å². The van der Waals surface area contributed by atoms with E-state index >= 15 is 0 Å². The summed E-state index contributed by atoms with van der Waals surface area (Å²) in [4.78, 5) is 1.17. The van der Waals surface area contributed by atoms with Gasteiger partial charge in [0.1, 0.15) is 11.6 Å². The molecule has 2 aromatic rings. The first-order chi connectivity index (χ1) is 8.69. The summed E-state index contributed by atoms with van der Waals surface area (Å²) in [7, 11) is 0.